The van der Waals surface area contributed by atoms with Crippen molar-refractivity contribution in [3.8, 4) is 0 Å². The molecule has 0 amide bonds. The molecular weight excluding hydrogens is 226 g/mol. The molecule has 3 nitrogen and oxygen atoms in total. The minimum atomic E-state index is 0.320. The molecule has 1 N–H and O–H groups in total. The smallest absolute Gasteiger partial charge is 0.0645 e. The summed E-state index contributed by atoms with van der Waals surface area (Å²) in [5.74, 6) is 0.777. The quantitative estimate of drug-likeness (QED) is 0.761. The third-order valence-electron chi connectivity index (χ3n) is 3.74. The first-order valence-corrected chi connectivity index (χ1v) is 7.30. The zero-order valence-corrected chi connectivity index (χ0v) is 12.8. The fourth-order valence-corrected chi connectivity index (χ4v) is 3.29. The molecule has 0 saturated heterocycles. The van der Waals surface area contributed by atoms with Crippen LogP contribution in [0.4, 0.5) is 0 Å². The molecule has 0 aliphatic heterocycles. The van der Waals surface area contributed by atoms with Gasteiger partial charge < -0.3 is 14.8 Å². The van der Waals surface area contributed by atoms with Crippen molar-refractivity contribution in [2.45, 2.75) is 59.1 Å². The molecule has 0 aromatic carbocycles. The van der Waals surface area contributed by atoms with Crippen molar-refractivity contribution >= 4 is 0 Å². The summed E-state index contributed by atoms with van der Waals surface area (Å²) in [7, 11) is 1.75. The molecule has 0 aromatic rings. The van der Waals surface area contributed by atoms with Crippen molar-refractivity contribution in [2.75, 3.05) is 26.9 Å². The van der Waals surface area contributed by atoms with E-state index >= 15 is 0 Å². The molecule has 0 aromatic heterocycles. The molecule has 0 spiro atoms. The van der Waals surface area contributed by atoms with E-state index in [0.717, 1.165) is 25.7 Å². The van der Waals surface area contributed by atoms with Crippen molar-refractivity contribution in [1.29, 1.82) is 0 Å². The van der Waals surface area contributed by atoms with Gasteiger partial charge in [-0.1, -0.05) is 27.7 Å². The Morgan fingerprint density at radius 2 is 2.00 bits per heavy atom. The fourth-order valence-electron chi connectivity index (χ4n) is 3.29. The second kappa shape index (κ2) is 7.46. The lowest BCUT2D eigenvalue weighted by molar-refractivity contribution is -0.0371. The van der Waals surface area contributed by atoms with E-state index in [9.17, 15) is 0 Å². The molecule has 0 heterocycles. The molecule has 1 aliphatic carbocycles. The average Bonchev–Trinajstić information content (AvgIpc) is 2.24. The van der Waals surface area contributed by atoms with Gasteiger partial charge in [-0.3, -0.25) is 0 Å². The molecule has 3 atom stereocenters. The maximum Gasteiger partial charge on any atom is 0.0645 e. The van der Waals surface area contributed by atoms with E-state index in [-0.39, 0.29) is 0 Å². The van der Waals surface area contributed by atoms with Gasteiger partial charge in [0.05, 0.1) is 25.4 Å². The highest BCUT2D eigenvalue weighted by Gasteiger charge is 2.32. The molecule has 1 saturated carbocycles. The Kier molecular flexibility index (Phi) is 6.61. The van der Waals surface area contributed by atoms with Gasteiger partial charge in [-0.25, -0.2) is 0 Å². The van der Waals surface area contributed by atoms with Gasteiger partial charge in [0.2, 0.25) is 0 Å². The van der Waals surface area contributed by atoms with Crippen molar-refractivity contribution in [1.82, 2.24) is 5.32 Å². The van der Waals surface area contributed by atoms with Gasteiger partial charge in [0.25, 0.3) is 0 Å². The highest BCUT2D eigenvalue weighted by Crippen LogP contribution is 2.39. The van der Waals surface area contributed by atoms with E-state index in [2.05, 4.69) is 33.0 Å². The van der Waals surface area contributed by atoms with Crippen LogP contribution in [-0.4, -0.2) is 39.0 Å². The molecule has 3 heteroatoms. The van der Waals surface area contributed by atoms with E-state index in [0.29, 0.717) is 17.6 Å². The second-order valence-electron chi connectivity index (χ2n) is 6.58. The molecule has 1 aliphatic rings. The normalized spacial score (nSPS) is 29.2. The van der Waals surface area contributed by atoms with Crippen LogP contribution >= 0.6 is 0 Å². The van der Waals surface area contributed by atoms with E-state index in [1.165, 1.54) is 19.3 Å². The number of methoxy groups -OCH3 is 1. The highest BCUT2D eigenvalue weighted by atomic mass is 16.5. The van der Waals surface area contributed by atoms with E-state index < -0.39 is 0 Å². The summed E-state index contributed by atoms with van der Waals surface area (Å²) in [5, 5.41) is 3.41. The Balaban J connectivity index is 2.36. The molecule has 0 radical (unpaired) electrons. The van der Waals surface area contributed by atoms with Crippen LogP contribution in [0, 0.1) is 11.3 Å². The maximum atomic E-state index is 6.11. The standard InChI is InChI=1S/C15H31NO2/c1-6-16-13(10-17-5)11-18-14-7-12(2)8-15(3,4)9-14/h12-14,16H,6-11H2,1-5H3. The van der Waals surface area contributed by atoms with E-state index in [1.807, 2.05) is 0 Å². The first-order valence-electron chi connectivity index (χ1n) is 7.30. The predicted molar refractivity (Wildman–Crippen MR) is 75.9 cm³/mol. The number of rotatable bonds is 7. The number of likely N-dealkylation sites (N-methyl/N-ethyl adjacent to an activating group) is 1. The van der Waals surface area contributed by atoms with E-state index in [1.54, 1.807) is 7.11 Å². The largest absolute Gasteiger partial charge is 0.383 e. The minimum Gasteiger partial charge on any atom is -0.383 e. The van der Waals surface area contributed by atoms with Crippen molar-refractivity contribution in [3.63, 3.8) is 0 Å². The van der Waals surface area contributed by atoms with Crippen LogP contribution < -0.4 is 5.32 Å². The van der Waals surface area contributed by atoms with Gasteiger partial charge in [-0.2, -0.15) is 0 Å². The second-order valence-corrected chi connectivity index (χ2v) is 6.58. The Hall–Kier alpha value is -0.120. The Labute approximate surface area is 113 Å². The number of hydrogen-bond acceptors (Lipinski definition) is 3. The zero-order valence-electron chi connectivity index (χ0n) is 12.8. The van der Waals surface area contributed by atoms with Crippen molar-refractivity contribution in [3.05, 3.63) is 0 Å². The third-order valence-corrected chi connectivity index (χ3v) is 3.74. The summed E-state index contributed by atoms with van der Waals surface area (Å²) in [4.78, 5) is 0. The molecule has 3 unspecified atom stereocenters. The monoisotopic (exact) mass is 257 g/mol. The molecule has 1 rings (SSSR count). The summed E-state index contributed by atoms with van der Waals surface area (Å²) in [5.41, 5.74) is 0.428. The third kappa shape index (κ3) is 5.68. The summed E-state index contributed by atoms with van der Waals surface area (Å²) in [6.07, 6.45) is 4.13. The number of nitrogens with one attached hydrogen (secondary N) is 1. The lowest BCUT2D eigenvalue weighted by Crippen LogP contribution is -2.40. The van der Waals surface area contributed by atoms with Gasteiger partial charge in [-0.05, 0) is 37.1 Å². The number of hydrogen-bond donors (Lipinski definition) is 1. The fraction of sp³-hybridized carbons (Fsp3) is 1.00. The van der Waals surface area contributed by atoms with Gasteiger partial charge in [0.1, 0.15) is 0 Å². The lowest BCUT2D eigenvalue weighted by Gasteiger charge is -2.39. The predicted octanol–water partition coefficient (Wildman–Crippen LogP) is 2.84. The zero-order chi connectivity index (χ0) is 13.6. The van der Waals surface area contributed by atoms with Gasteiger partial charge in [0, 0.05) is 7.11 Å². The molecular formula is C15H31NO2. The molecule has 108 valence electrons. The minimum absolute atomic E-state index is 0.320. The molecule has 18 heavy (non-hydrogen) atoms. The summed E-state index contributed by atoms with van der Waals surface area (Å²) >= 11 is 0. The first kappa shape index (κ1) is 15.9. The SMILES string of the molecule is CCNC(COC)COC1CC(C)CC(C)(C)C1. The van der Waals surface area contributed by atoms with Crippen molar-refractivity contribution in [2.24, 2.45) is 11.3 Å². The first-order chi connectivity index (χ1) is 8.46. The average molecular weight is 257 g/mol. The maximum absolute atomic E-state index is 6.11. The Morgan fingerprint density at radius 3 is 2.56 bits per heavy atom. The topological polar surface area (TPSA) is 30.5 Å². The van der Waals surface area contributed by atoms with Crippen LogP contribution in [0.25, 0.3) is 0 Å². The van der Waals surface area contributed by atoms with Gasteiger partial charge in [-0.15, -0.1) is 0 Å². The van der Waals surface area contributed by atoms with Crippen LogP contribution in [-0.2, 0) is 9.47 Å². The van der Waals surface area contributed by atoms with Crippen molar-refractivity contribution < 1.29 is 9.47 Å². The number of ether oxygens (including phenoxy) is 2. The van der Waals surface area contributed by atoms with Crippen LogP contribution in [0.15, 0.2) is 0 Å². The summed E-state index contributed by atoms with van der Waals surface area (Å²) in [6, 6.07) is 0.320. The van der Waals surface area contributed by atoms with Crippen LogP contribution in [0.5, 0.6) is 0 Å². The van der Waals surface area contributed by atoms with Gasteiger partial charge in [0.15, 0.2) is 0 Å². The Morgan fingerprint density at radius 1 is 1.28 bits per heavy atom. The van der Waals surface area contributed by atoms with Crippen LogP contribution in [0.1, 0.15) is 47.0 Å². The van der Waals surface area contributed by atoms with E-state index in [4.69, 9.17) is 9.47 Å². The summed E-state index contributed by atoms with van der Waals surface area (Å²) in [6.45, 7) is 11.6. The summed E-state index contributed by atoms with van der Waals surface area (Å²) < 4.78 is 11.3. The lowest BCUT2D eigenvalue weighted by atomic mass is 9.71. The van der Waals surface area contributed by atoms with Crippen LogP contribution in [0.2, 0.25) is 0 Å². The molecule has 1 fully saturated rings. The highest BCUT2D eigenvalue weighted by molar-refractivity contribution is 4.83. The Bertz CT molecular complexity index is 225. The molecule has 0 bridgehead atoms. The van der Waals surface area contributed by atoms with Gasteiger partial charge >= 0.3 is 0 Å². The van der Waals surface area contributed by atoms with Crippen LogP contribution in [0.3, 0.4) is 0 Å².